The van der Waals surface area contributed by atoms with Gasteiger partial charge in [-0.05, 0) is 6.08 Å². The Morgan fingerprint density at radius 1 is 1.75 bits per heavy atom. The lowest BCUT2D eigenvalue weighted by atomic mass is 10.3. The van der Waals surface area contributed by atoms with Gasteiger partial charge in [0.1, 0.15) is 6.61 Å². The Morgan fingerprint density at radius 2 is 2.62 bits per heavy atom. The van der Waals surface area contributed by atoms with Crippen LogP contribution in [0.25, 0.3) is 0 Å². The first-order chi connectivity index (χ1) is 3.93. The maximum atomic E-state index is 9.90. The third kappa shape index (κ3) is 1.15. The van der Waals surface area contributed by atoms with Crippen molar-refractivity contribution in [2.24, 2.45) is 0 Å². The van der Waals surface area contributed by atoms with Gasteiger partial charge in [0.05, 0.1) is 0 Å². The minimum absolute atomic E-state index is 0.435. The molecule has 0 saturated heterocycles. The Kier molecular flexibility index (Phi) is 1.77. The van der Waals surface area contributed by atoms with Crippen LogP contribution in [0.1, 0.15) is 0 Å². The Bertz CT molecular complexity index is 108. The molecular weight excluding hydrogens is 108 g/mol. The predicted octanol–water partition coefficient (Wildman–Crippen LogP) is 0.0719. The first-order valence-corrected chi connectivity index (χ1v) is 2.33. The summed E-state index contributed by atoms with van der Waals surface area (Å²) in [6, 6.07) is 0. The van der Waals surface area contributed by atoms with Crippen LogP contribution in [0.15, 0.2) is 12.2 Å². The van der Waals surface area contributed by atoms with Gasteiger partial charge in [0.15, 0.2) is 12.4 Å². The fourth-order valence-electron chi connectivity index (χ4n) is 0.447. The van der Waals surface area contributed by atoms with E-state index in [1.54, 1.807) is 12.2 Å². The first-order valence-electron chi connectivity index (χ1n) is 2.33. The predicted molar refractivity (Wildman–Crippen MR) is 26.0 cm³/mol. The van der Waals surface area contributed by atoms with E-state index in [1.807, 2.05) is 0 Å². The van der Waals surface area contributed by atoms with Crippen LogP contribution >= 0.6 is 0 Å². The van der Waals surface area contributed by atoms with E-state index in [9.17, 15) is 4.79 Å². The lowest BCUT2D eigenvalue weighted by Gasteiger charge is -2.08. The minimum atomic E-state index is -0.497. The summed E-state index contributed by atoms with van der Waals surface area (Å²) in [6.45, 7) is 0.435. The van der Waals surface area contributed by atoms with Crippen molar-refractivity contribution >= 4 is 6.29 Å². The average molecular weight is 114 g/mol. The summed E-state index contributed by atoms with van der Waals surface area (Å²) in [5, 5.41) is 0. The Hall–Kier alpha value is -0.670. The monoisotopic (exact) mass is 114 g/mol. The van der Waals surface area contributed by atoms with Gasteiger partial charge in [-0.2, -0.15) is 0 Å². The molecule has 0 saturated carbocycles. The molecule has 0 aromatic heterocycles. The number of carbonyl (C=O) groups excluding carboxylic acids is 1. The zero-order chi connectivity index (χ0) is 5.82. The zero-order valence-corrected chi connectivity index (χ0v) is 4.24. The van der Waals surface area contributed by atoms with Crippen molar-refractivity contribution in [1.29, 1.82) is 0 Å². The molecule has 8 heavy (non-hydrogen) atoms. The number of rotatable bonds is 1. The van der Waals surface area contributed by atoms with Crippen molar-refractivity contribution < 1.29 is 14.6 Å². The first kappa shape index (κ1) is 5.47. The zero-order valence-electron chi connectivity index (χ0n) is 4.24. The molecule has 44 valence electrons. The summed E-state index contributed by atoms with van der Waals surface area (Å²) in [4.78, 5) is 18.8. The molecule has 0 spiro atoms. The van der Waals surface area contributed by atoms with Crippen LogP contribution < -0.4 is 0 Å². The smallest absolute Gasteiger partial charge is 0.166 e. The molecule has 1 rings (SSSR count). The molecule has 0 bridgehead atoms. The summed E-state index contributed by atoms with van der Waals surface area (Å²) in [7, 11) is 0. The van der Waals surface area contributed by atoms with E-state index < -0.39 is 6.10 Å². The average Bonchev–Trinajstić information content (AvgIpc) is 1.90. The van der Waals surface area contributed by atoms with E-state index in [0.717, 1.165) is 0 Å². The van der Waals surface area contributed by atoms with Gasteiger partial charge in [-0.3, -0.25) is 4.79 Å². The van der Waals surface area contributed by atoms with E-state index in [2.05, 4.69) is 9.78 Å². The van der Waals surface area contributed by atoms with E-state index >= 15 is 0 Å². The number of hydrogen-bond acceptors (Lipinski definition) is 3. The summed E-state index contributed by atoms with van der Waals surface area (Å²) in [5.74, 6) is 0. The van der Waals surface area contributed by atoms with E-state index in [1.165, 1.54) is 0 Å². The highest BCUT2D eigenvalue weighted by atomic mass is 17.2. The minimum Gasteiger partial charge on any atom is -0.300 e. The van der Waals surface area contributed by atoms with Gasteiger partial charge in [0.25, 0.3) is 0 Å². The highest BCUT2D eigenvalue weighted by molar-refractivity contribution is 5.59. The molecule has 0 aliphatic carbocycles. The third-order valence-corrected chi connectivity index (χ3v) is 0.803. The summed E-state index contributed by atoms with van der Waals surface area (Å²) < 4.78 is 0. The van der Waals surface area contributed by atoms with Crippen molar-refractivity contribution in [3.05, 3.63) is 12.2 Å². The maximum absolute atomic E-state index is 9.90. The number of aldehydes is 1. The van der Waals surface area contributed by atoms with Crippen molar-refractivity contribution in [1.82, 2.24) is 0 Å². The van der Waals surface area contributed by atoms with Gasteiger partial charge in [0, 0.05) is 0 Å². The lowest BCUT2D eigenvalue weighted by molar-refractivity contribution is -0.302. The van der Waals surface area contributed by atoms with Gasteiger partial charge in [0.2, 0.25) is 0 Å². The highest BCUT2D eigenvalue weighted by Crippen LogP contribution is 1.97. The fourth-order valence-corrected chi connectivity index (χ4v) is 0.447. The number of carbonyl (C=O) groups is 1. The SMILES string of the molecule is O=CC1C=CCOO1. The third-order valence-electron chi connectivity index (χ3n) is 0.803. The normalized spacial score (nSPS) is 27.8. The quantitative estimate of drug-likeness (QED) is 0.275. The molecule has 1 heterocycles. The molecule has 1 unspecified atom stereocenters. The number of hydrogen-bond donors (Lipinski definition) is 0. The van der Waals surface area contributed by atoms with Crippen LogP contribution in [0.2, 0.25) is 0 Å². The second kappa shape index (κ2) is 2.59. The van der Waals surface area contributed by atoms with Crippen molar-refractivity contribution in [2.75, 3.05) is 6.61 Å². The lowest BCUT2D eigenvalue weighted by Crippen LogP contribution is -2.15. The second-order valence-corrected chi connectivity index (χ2v) is 1.41. The van der Waals surface area contributed by atoms with E-state index in [-0.39, 0.29) is 0 Å². The molecular formula is C5H6O3. The fraction of sp³-hybridized carbons (Fsp3) is 0.400. The second-order valence-electron chi connectivity index (χ2n) is 1.41. The summed E-state index contributed by atoms with van der Waals surface area (Å²) >= 11 is 0. The van der Waals surface area contributed by atoms with Crippen molar-refractivity contribution in [2.45, 2.75) is 6.10 Å². The maximum Gasteiger partial charge on any atom is 0.166 e. The molecule has 3 heteroatoms. The standard InChI is InChI=1S/C5H6O3/c6-4-5-2-1-3-7-8-5/h1-2,4-5H,3H2. The molecule has 0 aromatic rings. The van der Waals surface area contributed by atoms with Crippen LogP contribution in [0.5, 0.6) is 0 Å². The van der Waals surface area contributed by atoms with Gasteiger partial charge in [-0.25, -0.2) is 9.78 Å². The molecule has 0 radical (unpaired) electrons. The molecule has 0 fully saturated rings. The molecule has 0 amide bonds. The molecule has 1 atom stereocenters. The molecule has 1 aliphatic heterocycles. The largest absolute Gasteiger partial charge is 0.300 e. The topological polar surface area (TPSA) is 35.5 Å². The van der Waals surface area contributed by atoms with Crippen LogP contribution in [0.3, 0.4) is 0 Å². The van der Waals surface area contributed by atoms with E-state index in [4.69, 9.17) is 0 Å². The van der Waals surface area contributed by atoms with Crippen LogP contribution in [0, 0.1) is 0 Å². The Balaban J connectivity index is 2.42. The van der Waals surface area contributed by atoms with Gasteiger partial charge < -0.3 is 0 Å². The van der Waals surface area contributed by atoms with Crippen LogP contribution in [-0.2, 0) is 14.6 Å². The van der Waals surface area contributed by atoms with Gasteiger partial charge >= 0.3 is 0 Å². The molecule has 1 aliphatic rings. The van der Waals surface area contributed by atoms with Crippen LogP contribution in [-0.4, -0.2) is 19.0 Å². The van der Waals surface area contributed by atoms with Crippen LogP contribution in [0.4, 0.5) is 0 Å². The van der Waals surface area contributed by atoms with Gasteiger partial charge in [-0.15, -0.1) is 0 Å². The molecule has 0 aromatic carbocycles. The van der Waals surface area contributed by atoms with Crippen molar-refractivity contribution in [3.63, 3.8) is 0 Å². The summed E-state index contributed by atoms with van der Waals surface area (Å²) in [5.41, 5.74) is 0. The molecule has 0 N–H and O–H groups in total. The Morgan fingerprint density at radius 3 is 3.00 bits per heavy atom. The highest BCUT2D eigenvalue weighted by Gasteiger charge is 2.05. The Labute approximate surface area is 46.8 Å². The van der Waals surface area contributed by atoms with Gasteiger partial charge in [-0.1, -0.05) is 6.08 Å². The molecule has 3 nitrogen and oxygen atoms in total. The van der Waals surface area contributed by atoms with Crippen molar-refractivity contribution in [3.8, 4) is 0 Å². The summed E-state index contributed by atoms with van der Waals surface area (Å²) in [6.07, 6.45) is 3.57. The van der Waals surface area contributed by atoms with E-state index in [0.29, 0.717) is 12.9 Å².